The van der Waals surface area contributed by atoms with Crippen LogP contribution in [0.2, 0.25) is 66.5 Å². The highest BCUT2D eigenvalue weighted by molar-refractivity contribution is 6.92. The lowest BCUT2D eigenvalue weighted by Crippen LogP contribution is -2.53. The minimum Gasteiger partial charge on any atom is -0.373 e. The van der Waals surface area contributed by atoms with Gasteiger partial charge in [-0.2, -0.15) is 0 Å². The summed E-state index contributed by atoms with van der Waals surface area (Å²) in [6.45, 7) is 57.7. The van der Waals surface area contributed by atoms with Gasteiger partial charge in [0, 0.05) is 21.9 Å². The van der Waals surface area contributed by atoms with Gasteiger partial charge in [0.05, 0.1) is 45.6 Å². The van der Waals surface area contributed by atoms with E-state index < -0.39 is 32.3 Å². The number of nitrogens with zero attached hydrogens (tertiary/aromatic N) is 2. The predicted octanol–water partition coefficient (Wildman–Crippen LogP) is 18.1. The number of fused-ring (bicyclic) bond motifs is 6. The maximum absolute atomic E-state index is 5.76. The van der Waals surface area contributed by atoms with E-state index in [2.05, 4.69) is 283 Å². The lowest BCUT2D eigenvalue weighted by molar-refractivity contribution is 0.796. The van der Waals surface area contributed by atoms with E-state index in [9.17, 15) is 0 Å². The summed E-state index contributed by atoms with van der Waals surface area (Å²) in [6, 6.07) is 21.9. The molecule has 2 unspecified atom stereocenters. The Balaban J connectivity index is 1.60. The van der Waals surface area contributed by atoms with Crippen molar-refractivity contribution >= 4 is 87.7 Å². The highest BCUT2D eigenvalue weighted by Gasteiger charge is 2.46. The van der Waals surface area contributed by atoms with E-state index in [1.807, 2.05) is 0 Å². The van der Waals surface area contributed by atoms with E-state index in [0.717, 1.165) is 66.5 Å². The second-order valence-electron chi connectivity index (χ2n) is 27.3. The lowest BCUT2D eigenvalue weighted by Gasteiger charge is -2.40. The third-order valence-corrected chi connectivity index (χ3v) is 45.1. The minimum absolute atomic E-state index is 0.165. The highest BCUT2D eigenvalue weighted by Crippen LogP contribution is 2.46. The molecule has 8 heteroatoms. The molecular formula is C70H98N4Si4. The average Bonchev–Trinajstić information content (AvgIpc) is 3.41. The minimum atomic E-state index is -2.15. The fourth-order valence-corrected chi connectivity index (χ4v) is 36.9. The summed E-state index contributed by atoms with van der Waals surface area (Å²) >= 11 is 0. The summed E-state index contributed by atoms with van der Waals surface area (Å²) in [6.07, 6.45) is 0. The van der Waals surface area contributed by atoms with E-state index in [-0.39, 0.29) is 12.1 Å². The summed E-state index contributed by atoms with van der Waals surface area (Å²) in [5, 5.41) is 13.0. The molecule has 1 aliphatic carbocycles. The Morgan fingerprint density at radius 3 is 0.846 bits per heavy atom. The molecule has 0 radical (unpaired) electrons. The molecule has 7 rings (SSSR count). The molecule has 4 aromatic carbocycles. The molecule has 78 heavy (non-hydrogen) atoms. The van der Waals surface area contributed by atoms with Gasteiger partial charge < -0.3 is 10.6 Å². The standard InChI is InChI=1S/C70H98N4Si4/c1-43(2)75(44(3)4,45(5)6)37-33-59-55-29-25-26-30-56(55)60(34-38-76(46(7)8,47(9)10)48(11)12)68-67(59)71-63-41-65-66(42-64(63)72-68)74-70-62(36-40-78(52(19)20,53(21)22)54(23)24)58-32-28-27-31-57(58)61(69(70)73-65)35-39-77(49(13)14,50(15)16)51(17)18/h25-32,41-54,67-68,71-72H,1-24H3. The molecule has 2 atom stereocenters. The second-order valence-corrected chi connectivity index (χ2v) is 49.6. The molecule has 414 valence electrons. The smallest absolute Gasteiger partial charge is 0.146 e. The van der Waals surface area contributed by atoms with Crippen LogP contribution in [0.25, 0.3) is 44.0 Å². The summed E-state index contributed by atoms with van der Waals surface area (Å²) in [5.74, 6) is 16.0. The van der Waals surface area contributed by atoms with Gasteiger partial charge >= 0.3 is 0 Å². The third-order valence-electron chi connectivity index (χ3n) is 19.9. The summed E-state index contributed by atoms with van der Waals surface area (Å²) in [4.78, 5) is 11.5. The van der Waals surface area contributed by atoms with Crippen LogP contribution in [0.15, 0.2) is 60.7 Å². The van der Waals surface area contributed by atoms with E-state index in [4.69, 9.17) is 9.97 Å². The number of anilines is 2. The van der Waals surface area contributed by atoms with Crippen LogP contribution < -0.4 is 21.1 Å². The Kier molecular flexibility index (Phi) is 18.2. The Bertz CT molecular complexity index is 3160. The van der Waals surface area contributed by atoms with Crippen molar-refractivity contribution in [2.24, 2.45) is 0 Å². The monoisotopic (exact) mass is 1110 g/mol. The van der Waals surface area contributed by atoms with Crippen molar-refractivity contribution in [3.05, 3.63) is 82.2 Å². The number of benzene rings is 4. The molecule has 2 N–H and O–H groups in total. The number of nitrogens with one attached hydrogen (secondary N) is 2. The molecule has 2 aliphatic rings. The number of aromatic nitrogens is 2. The maximum Gasteiger partial charge on any atom is 0.146 e. The molecule has 0 fully saturated rings. The van der Waals surface area contributed by atoms with Gasteiger partial charge in [0.25, 0.3) is 0 Å². The number of hydrogen-bond donors (Lipinski definition) is 2. The van der Waals surface area contributed by atoms with Gasteiger partial charge in [0.2, 0.25) is 0 Å². The first-order chi connectivity index (χ1) is 36.6. The van der Waals surface area contributed by atoms with Crippen LogP contribution in [0.3, 0.4) is 0 Å². The number of hydrogen-bond acceptors (Lipinski definition) is 4. The van der Waals surface area contributed by atoms with Crippen molar-refractivity contribution in [3.63, 3.8) is 0 Å². The molecule has 0 saturated carbocycles. The summed E-state index contributed by atoms with van der Waals surface area (Å²) in [5.41, 5.74) is 32.2. The predicted molar refractivity (Wildman–Crippen MR) is 355 cm³/mol. The van der Waals surface area contributed by atoms with Gasteiger partial charge in [0.15, 0.2) is 0 Å². The van der Waals surface area contributed by atoms with E-state index in [0.29, 0.717) is 66.5 Å². The van der Waals surface area contributed by atoms with Crippen LogP contribution in [-0.2, 0) is 0 Å². The van der Waals surface area contributed by atoms with Crippen LogP contribution in [0.1, 0.15) is 177 Å². The van der Waals surface area contributed by atoms with Gasteiger partial charge in [-0.1, -0.05) is 238 Å². The molecular weight excluding hydrogens is 1010 g/mol. The van der Waals surface area contributed by atoms with Crippen LogP contribution in [-0.4, -0.2) is 54.3 Å². The largest absolute Gasteiger partial charge is 0.373 e. The molecule has 2 heterocycles. The molecule has 0 amide bonds. The summed E-state index contributed by atoms with van der Waals surface area (Å²) in [7, 11) is -8.52. The van der Waals surface area contributed by atoms with Crippen molar-refractivity contribution < 1.29 is 0 Å². The van der Waals surface area contributed by atoms with Gasteiger partial charge in [-0.15, -0.1) is 22.2 Å². The topological polar surface area (TPSA) is 49.8 Å². The van der Waals surface area contributed by atoms with Crippen molar-refractivity contribution in [2.75, 3.05) is 10.6 Å². The van der Waals surface area contributed by atoms with Crippen LogP contribution in [0, 0.1) is 45.9 Å². The van der Waals surface area contributed by atoms with Gasteiger partial charge in [0.1, 0.15) is 43.3 Å². The molecule has 0 saturated heterocycles. The molecule has 1 aromatic heterocycles. The summed E-state index contributed by atoms with van der Waals surface area (Å²) < 4.78 is 0. The van der Waals surface area contributed by atoms with Crippen molar-refractivity contribution in [2.45, 2.75) is 245 Å². The maximum atomic E-state index is 5.76. The van der Waals surface area contributed by atoms with Gasteiger partial charge in [-0.25, -0.2) is 9.97 Å². The van der Waals surface area contributed by atoms with Crippen molar-refractivity contribution in [1.82, 2.24) is 9.97 Å². The zero-order valence-corrected chi connectivity index (χ0v) is 56.8. The van der Waals surface area contributed by atoms with Crippen molar-refractivity contribution in [1.29, 1.82) is 0 Å². The molecule has 5 aromatic rings. The quantitative estimate of drug-likeness (QED) is 0.0743. The van der Waals surface area contributed by atoms with E-state index in [1.165, 1.54) is 10.4 Å². The first-order valence-electron chi connectivity index (χ1n) is 30.3. The molecule has 1 aliphatic heterocycles. The first kappa shape index (κ1) is 60.8. The SMILES string of the molecule is CC(C)[Si](C#CC1=c2ccccc2=C(C#C[Si](C(C)C)(C(C)C)C(C)C)C2Nc3cc4nc5c(C#C[Si](C(C)C)(C(C)C)C(C)C)c6ccccc6c(C#C[Si](C(C)C)(C(C)C)C(C)C)c5nc4cc3NC12)(C(C)C)C(C)C. The number of rotatable bonds is 12. The van der Waals surface area contributed by atoms with Crippen molar-refractivity contribution in [3.8, 4) is 45.9 Å². The Morgan fingerprint density at radius 2 is 0.590 bits per heavy atom. The van der Waals surface area contributed by atoms with E-state index >= 15 is 0 Å². The Morgan fingerprint density at radius 1 is 0.346 bits per heavy atom. The highest BCUT2D eigenvalue weighted by atomic mass is 28.3. The van der Waals surface area contributed by atoms with E-state index in [1.54, 1.807) is 0 Å². The molecule has 4 nitrogen and oxygen atoms in total. The van der Waals surface area contributed by atoms with Gasteiger partial charge in [-0.05, 0) is 89.1 Å². The first-order valence-corrected chi connectivity index (χ1v) is 39.2. The normalized spacial score (nSPS) is 16.1. The average molecular weight is 1110 g/mol. The van der Waals surface area contributed by atoms with Gasteiger partial charge in [-0.3, -0.25) is 0 Å². The fraction of sp³-hybridized carbons (Fsp3) is 0.543. The lowest BCUT2D eigenvalue weighted by atomic mass is 9.83. The molecule has 0 spiro atoms. The third kappa shape index (κ3) is 10.2. The second kappa shape index (κ2) is 23.3. The Labute approximate surface area is 478 Å². The molecule has 0 bridgehead atoms. The zero-order chi connectivity index (χ0) is 57.7. The zero-order valence-electron chi connectivity index (χ0n) is 52.8. The Hall–Kier alpha value is -4.81. The fourth-order valence-electron chi connectivity index (χ4n) is 16.1. The van der Waals surface area contributed by atoms with Crippen LogP contribution in [0.5, 0.6) is 0 Å². The van der Waals surface area contributed by atoms with Crippen LogP contribution in [0.4, 0.5) is 11.4 Å². The van der Waals surface area contributed by atoms with Crippen LogP contribution >= 0.6 is 0 Å².